The Morgan fingerprint density at radius 1 is 1.35 bits per heavy atom. The van der Waals surface area contributed by atoms with Gasteiger partial charge in [-0.15, -0.1) is 10.8 Å². The lowest BCUT2D eigenvalue weighted by molar-refractivity contribution is 0.227. The molecule has 3 heterocycles. The molecule has 2 aromatic heterocycles. The number of benzene rings is 1. The molecular weight excluding hydrogens is 416 g/mol. The summed E-state index contributed by atoms with van der Waals surface area (Å²) < 4.78 is 24.9. The average molecular weight is 443 g/mol. The molecule has 164 valence electrons. The SMILES string of the molecule is CC(CC#N)n1nc(Nc2ccc3c(c2)CN(C(C)(C)C)S3(O)O)c2c(=O)[nH]ccc21. The summed E-state index contributed by atoms with van der Waals surface area (Å²) in [5.41, 5.74) is 1.46. The highest BCUT2D eigenvalue weighted by molar-refractivity contribution is 8.22. The highest BCUT2D eigenvalue weighted by Gasteiger charge is 2.41. The number of anilines is 2. The van der Waals surface area contributed by atoms with E-state index in [2.05, 4.69) is 21.5 Å². The predicted octanol–water partition coefficient (Wildman–Crippen LogP) is 4.58. The van der Waals surface area contributed by atoms with Gasteiger partial charge in [-0.25, -0.2) is 0 Å². The molecule has 0 saturated heterocycles. The molecule has 0 fully saturated rings. The van der Waals surface area contributed by atoms with Gasteiger partial charge in [0.15, 0.2) is 5.82 Å². The molecule has 4 rings (SSSR count). The minimum Gasteiger partial charge on any atom is -0.338 e. The largest absolute Gasteiger partial charge is 0.338 e. The van der Waals surface area contributed by atoms with Crippen LogP contribution in [0.15, 0.2) is 40.2 Å². The Bertz CT molecular complexity index is 1250. The summed E-state index contributed by atoms with van der Waals surface area (Å²) in [4.78, 5) is 15.7. The molecule has 1 aromatic carbocycles. The monoisotopic (exact) mass is 442 g/mol. The smallest absolute Gasteiger partial charge is 0.261 e. The van der Waals surface area contributed by atoms with Crippen LogP contribution in [-0.4, -0.2) is 33.7 Å². The summed E-state index contributed by atoms with van der Waals surface area (Å²) in [6, 6.07) is 9.02. The van der Waals surface area contributed by atoms with E-state index in [-0.39, 0.29) is 18.0 Å². The van der Waals surface area contributed by atoms with E-state index in [1.54, 1.807) is 33.4 Å². The van der Waals surface area contributed by atoms with Crippen LogP contribution in [0.1, 0.15) is 45.7 Å². The summed E-state index contributed by atoms with van der Waals surface area (Å²) in [5, 5.41) is 17.2. The first-order chi connectivity index (χ1) is 14.5. The van der Waals surface area contributed by atoms with Crippen LogP contribution in [0.3, 0.4) is 0 Å². The maximum Gasteiger partial charge on any atom is 0.261 e. The number of hydrogen-bond donors (Lipinski definition) is 4. The maximum atomic E-state index is 12.5. The molecule has 1 unspecified atom stereocenters. The second-order valence-electron chi connectivity index (χ2n) is 8.75. The minimum absolute atomic E-state index is 0.196. The molecule has 0 amide bonds. The van der Waals surface area contributed by atoms with E-state index < -0.39 is 16.3 Å². The Labute approximate surface area is 181 Å². The zero-order valence-corrected chi connectivity index (χ0v) is 18.7. The number of hydrogen-bond acceptors (Lipinski definition) is 7. The Balaban J connectivity index is 1.74. The summed E-state index contributed by atoms with van der Waals surface area (Å²) >= 11 is 0. The fourth-order valence-electron chi connectivity index (χ4n) is 3.91. The molecule has 1 aliphatic rings. The second kappa shape index (κ2) is 7.39. The van der Waals surface area contributed by atoms with Crippen molar-refractivity contribution in [2.24, 2.45) is 0 Å². The molecule has 0 radical (unpaired) electrons. The normalized spacial score (nSPS) is 17.8. The summed E-state index contributed by atoms with van der Waals surface area (Å²) in [5.74, 6) is 0.388. The lowest BCUT2D eigenvalue weighted by atomic mass is 10.1. The van der Waals surface area contributed by atoms with Crippen molar-refractivity contribution in [3.8, 4) is 6.07 Å². The molecule has 0 aliphatic carbocycles. The number of pyridine rings is 1. The number of nitrogens with zero attached hydrogens (tertiary/aromatic N) is 4. The Morgan fingerprint density at radius 3 is 2.77 bits per heavy atom. The van der Waals surface area contributed by atoms with E-state index in [1.165, 1.54) is 0 Å². The fraction of sp³-hybridized carbons (Fsp3) is 0.381. The van der Waals surface area contributed by atoms with Crippen LogP contribution in [0, 0.1) is 11.3 Å². The van der Waals surface area contributed by atoms with Crippen LogP contribution < -0.4 is 10.9 Å². The molecule has 4 N–H and O–H groups in total. The van der Waals surface area contributed by atoms with Crippen LogP contribution in [-0.2, 0) is 6.54 Å². The Hall–Kier alpha value is -2.84. The van der Waals surface area contributed by atoms with Gasteiger partial charge >= 0.3 is 0 Å². The van der Waals surface area contributed by atoms with Crippen molar-refractivity contribution in [1.82, 2.24) is 19.1 Å². The molecule has 0 bridgehead atoms. The lowest BCUT2D eigenvalue weighted by Gasteiger charge is -2.44. The van der Waals surface area contributed by atoms with Crippen molar-refractivity contribution >= 4 is 33.2 Å². The first-order valence-corrected chi connectivity index (χ1v) is 11.5. The summed E-state index contributed by atoms with van der Waals surface area (Å²) in [6.45, 7) is 8.12. The van der Waals surface area contributed by atoms with Gasteiger partial charge in [-0.2, -0.15) is 14.7 Å². The molecule has 10 heteroatoms. The average Bonchev–Trinajstić information content (AvgIpc) is 3.18. The quantitative estimate of drug-likeness (QED) is 0.465. The molecule has 1 atom stereocenters. The fourth-order valence-corrected chi connectivity index (χ4v) is 5.95. The van der Waals surface area contributed by atoms with Gasteiger partial charge in [-0.1, -0.05) is 0 Å². The van der Waals surface area contributed by atoms with Gasteiger partial charge < -0.3 is 10.3 Å². The van der Waals surface area contributed by atoms with Gasteiger partial charge in [-0.3, -0.25) is 18.6 Å². The van der Waals surface area contributed by atoms with Crippen LogP contribution in [0.5, 0.6) is 0 Å². The molecule has 9 nitrogen and oxygen atoms in total. The third-order valence-corrected chi connectivity index (χ3v) is 7.70. The number of nitrogens with one attached hydrogen (secondary N) is 2. The van der Waals surface area contributed by atoms with Crippen molar-refractivity contribution in [3.63, 3.8) is 0 Å². The van der Waals surface area contributed by atoms with E-state index in [0.29, 0.717) is 33.8 Å². The van der Waals surface area contributed by atoms with Gasteiger partial charge in [0, 0.05) is 24.0 Å². The van der Waals surface area contributed by atoms with E-state index in [4.69, 9.17) is 5.26 Å². The number of nitriles is 1. The van der Waals surface area contributed by atoms with Crippen molar-refractivity contribution in [2.75, 3.05) is 5.32 Å². The minimum atomic E-state index is -3.05. The highest BCUT2D eigenvalue weighted by Crippen LogP contribution is 2.61. The first-order valence-electron chi connectivity index (χ1n) is 9.97. The van der Waals surface area contributed by atoms with Gasteiger partial charge in [0.1, 0.15) is 5.39 Å². The third-order valence-electron chi connectivity index (χ3n) is 5.42. The summed E-state index contributed by atoms with van der Waals surface area (Å²) in [6.07, 6.45) is 1.83. The molecular formula is C21H26N6O3S. The van der Waals surface area contributed by atoms with E-state index >= 15 is 0 Å². The zero-order chi connectivity index (χ0) is 22.6. The van der Waals surface area contributed by atoms with E-state index in [9.17, 15) is 13.9 Å². The van der Waals surface area contributed by atoms with Crippen molar-refractivity contribution in [3.05, 3.63) is 46.4 Å². The van der Waals surface area contributed by atoms with Crippen LogP contribution in [0.2, 0.25) is 0 Å². The third kappa shape index (κ3) is 3.59. The Kier molecular flexibility index (Phi) is 5.10. The van der Waals surface area contributed by atoms with E-state index in [0.717, 1.165) is 5.56 Å². The number of rotatable bonds is 4. The standard InChI is InChI=1S/C21H26N6O3S/c1-13(7-9-22)27-16-8-10-23-20(28)18(16)19(25-27)24-15-5-6-17-14(11-15)12-26(21(2,3)4)31(17,29)30/h5-6,8,10-11,13,29-30H,7,12H2,1-4H3,(H,23,28)(H,24,25). The van der Waals surface area contributed by atoms with Crippen LogP contribution in [0.4, 0.5) is 11.5 Å². The molecule has 0 saturated carbocycles. The van der Waals surface area contributed by atoms with Crippen molar-refractivity contribution < 1.29 is 9.11 Å². The van der Waals surface area contributed by atoms with Crippen molar-refractivity contribution in [2.45, 2.75) is 57.1 Å². The zero-order valence-electron chi connectivity index (χ0n) is 17.9. The number of aromatic amines is 1. The number of H-pyrrole nitrogens is 1. The Morgan fingerprint density at radius 2 is 2.10 bits per heavy atom. The first kappa shape index (κ1) is 21.4. The second-order valence-corrected chi connectivity index (χ2v) is 10.7. The van der Waals surface area contributed by atoms with Crippen LogP contribution >= 0.6 is 10.8 Å². The van der Waals surface area contributed by atoms with Gasteiger partial charge in [0.05, 0.1) is 28.9 Å². The van der Waals surface area contributed by atoms with Gasteiger partial charge in [-0.05, 0) is 57.5 Å². The topological polar surface area (TPSA) is 130 Å². The van der Waals surface area contributed by atoms with E-state index in [1.807, 2.05) is 33.8 Å². The van der Waals surface area contributed by atoms with Gasteiger partial charge in [0.25, 0.3) is 5.56 Å². The number of aromatic nitrogens is 3. The maximum absolute atomic E-state index is 12.5. The van der Waals surface area contributed by atoms with Crippen molar-refractivity contribution in [1.29, 1.82) is 5.26 Å². The highest BCUT2D eigenvalue weighted by atomic mass is 32.3. The molecule has 1 aliphatic heterocycles. The molecule has 3 aromatic rings. The molecule has 31 heavy (non-hydrogen) atoms. The van der Waals surface area contributed by atoms with Gasteiger partial charge in [0.2, 0.25) is 0 Å². The molecule has 0 spiro atoms. The summed E-state index contributed by atoms with van der Waals surface area (Å²) in [7, 11) is -3.05. The predicted molar refractivity (Wildman–Crippen MR) is 121 cm³/mol. The lowest BCUT2D eigenvalue weighted by Crippen LogP contribution is -2.39. The number of fused-ring (bicyclic) bond motifs is 2. The van der Waals surface area contributed by atoms with Crippen LogP contribution in [0.25, 0.3) is 10.9 Å².